The number of anilines is 1. The highest BCUT2D eigenvalue weighted by Gasteiger charge is 2.34. The second-order valence-corrected chi connectivity index (χ2v) is 11.7. The number of nitrogens with two attached hydrogens (primary N) is 1. The summed E-state index contributed by atoms with van der Waals surface area (Å²) in [4.78, 5) is 45.4. The van der Waals surface area contributed by atoms with Crippen molar-refractivity contribution in [3.05, 3.63) is 83.2 Å². The third-order valence-electron chi connectivity index (χ3n) is 8.71. The van der Waals surface area contributed by atoms with E-state index in [0.29, 0.717) is 22.3 Å². The number of hydrogen-bond donors (Lipinski definition) is 2. The van der Waals surface area contributed by atoms with Gasteiger partial charge in [-0.1, -0.05) is 30.3 Å². The number of carbonyl (C=O) groups excluding carboxylic acids is 3. The number of benzene rings is 2. The van der Waals surface area contributed by atoms with E-state index in [2.05, 4.69) is 28.5 Å². The molecule has 0 radical (unpaired) electrons. The minimum atomic E-state index is -1.10. The van der Waals surface area contributed by atoms with Crippen LogP contribution in [0.3, 0.4) is 0 Å². The van der Waals surface area contributed by atoms with E-state index < -0.39 is 24.0 Å². The predicted molar refractivity (Wildman–Crippen MR) is 164 cm³/mol. The second-order valence-electron chi connectivity index (χ2n) is 11.7. The minimum absolute atomic E-state index is 0.115. The highest BCUT2D eigenvalue weighted by molar-refractivity contribution is 6.07. The monoisotopic (exact) mass is 581 g/mol. The maximum Gasteiger partial charge on any atom is 0.250 e. The van der Waals surface area contributed by atoms with Gasteiger partial charge >= 0.3 is 0 Å². The van der Waals surface area contributed by atoms with Crippen molar-refractivity contribution in [3.63, 3.8) is 0 Å². The van der Waals surface area contributed by atoms with Crippen LogP contribution >= 0.6 is 0 Å². The fourth-order valence-electron chi connectivity index (χ4n) is 6.42. The van der Waals surface area contributed by atoms with E-state index in [1.165, 1.54) is 28.9 Å². The fourth-order valence-corrected chi connectivity index (χ4v) is 6.42. The number of alkyl halides is 1. The summed E-state index contributed by atoms with van der Waals surface area (Å²) in [5, 5.41) is 3.46. The van der Waals surface area contributed by atoms with E-state index in [9.17, 15) is 18.8 Å². The van der Waals surface area contributed by atoms with Crippen LogP contribution in [-0.2, 0) is 29.0 Å². The molecular formula is C34H36FN5O3. The Kier molecular flexibility index (Phi) is 7.97. The maximum absolute atomic E-state index is 14.5. The highest BCUT2D eigenvalue weighted by Crippen LogP contribution is 2.32. The van der Waals surface area contributed by atoms with E-state index in [1.807, 2.05) is 31.2 Å². The first-order chi connectivity index (χ1) is 20.8. The van der Waals surface area contributed by atoms with E-state index in [-0.39, 0.29) is 38.3 Å². The molecule has 2 aliphatic rings. The van der Waals surface area contributed by atoms with Gasteiger partial charge < -0.3 is 20.5 Å². The van der Waals surface area contributed by atoms with E-state index in [4.69, 9.17) is 5.73 Å². The van der Waals surface area contributed by atoms with Gasteiger partial charge in [0.1, 0.15) is 24.6 Å². The van der Waals surface area contributed by atoms with E-state index >= 15 is 0 Å². The van der Waals surface area contributed by atoms with Gasteiger partial charge in [0.05, 0.1) is 5.56 Å². The smallest absolute Gasteiger partial charge is 0.250 e. The van der Waals surface area contributed by atoms with Crippen molar-refractivity contribution in [3.8, 4) is 11.1 Å². The number of primary amides is 1. The molecule has 4 aromatic rings. The molecule has 9 heteroatoms. The lowest BCUT2D eigenvalue weighted by atomic mass is 9.89. The molecule has 1 aliphatic heterocycles. The third kappa shape index (κ3) is 6.02. The van der Waals surface area contributed by atoms with E-state index in [0.717, 1.165) is 29.7 Å². The molecule has 222 valence electrons. The molecule has 43 heavy (non-hydrogen) atoms. The number of aryl methyl sites for hydroxylation is 3. The zero-order chi connectivity index (χ0) is 30.1. The number of aromatic nitrogens is 2. The SMILES string of the molecule is Cc1cccc(NC(=O)C2CCC(F)CCN2C(=O)Cn2cc(C(N)=O)c3cc(-c4ccc5c(c4)CCCC5)ccc32)n1. The molecule has 1 aliphatic carbocycles. The van der Waals surface area contributed by atoms with Crippen molar-refractivity contribution in [2.24, 2.45) is 5.73 Å². The molecule has 0 bridgehead atoms. The van der Waals surface area contributed by atoms with E-state index in [1.54, 1.807) is 22.9 Å². The van der Waals surface area contributed by atoms with Crippen molar-refractivity contribution >= 4 is 34.4 Å². The lowest BCUT2D eigenvalue weighted by molar-refractivity contribution is -0.139. The molecule has 3 N–H and O–H groups in total. The number of nitrogens with zero attached hydrogens (tertiary/aromatic N) is 3. The number of carbonyl (C=O) groups is 3. The third-order valence-corrected chi connectivity index (χ3v) is 8.71. The lowest BCUT2D eigenvalue weighted by Gasteiger charge is -2.29. The number of rotatable bonds is 6. The normalized spacial score (nSPS) is 18.6. The Balaban J connectivity index is 1.28. The van der Waals surface area contributed by atoms with Crippen LogP contribution in [0.25, 0.3) is 22.0 Å². The molecule has 2 unspecified atom stereocenters. The summed E-state index contributed by atoms with van der Waals surface area (Å²) in [6.07, 6.45) is 5.62. The first-order valence-corrected chi connectivity index (χ1v) is 15.0. The summed E-state index contributed by atoms with van der Waals surface area (Å²) < 4.78 is 16.2. The average Bonchev–Trinajstić information content (AvgIpc) is 3.23. The van der Waals surface area contributed by atoms with Crippen LogP contribution in [0.4, 0.5) is 10.2 Å². The Labute approximate surface area is 250 Å². The quantitative estimate of drug-likeness (QED) is 0.320. The van der Waals surface area contributed by atoms with Gasteiger partial charge in [0, 0.05) is 29.3 Å². The number of hydrogen-bond acceptors (Lipinski definition) is 4. The summed E-state index contributed by atoms with van der Waals surface area (Å²) in [5.74, 6) is -0.934. The van der Waals surface area contributed by atoms with Crippen LogP contribution < -0.4 is 11.1 Å². The molecule has 8 nitrogen and oxygen atoms in total. The van der Waals surface area contributed by atoms with Crippen LogP contribution in [0.5, 0.6) is 0 Å². The van der Waals surface area contributed by atoms with Gasteiger partial charge in [-0.15, -0.1) is 0 Å². The van der Waals surface area contributed by atoms with Gasteiger partial charge in [0.2, 0.25) is 11.8 Å². The van der Waals surface area contributed by atoms with Crippen molar-refractivity contribution < 1.29 is 18.8 Å². The molecule has 2 atom stereocenters. The Hall–Kier alpha value is -4.53. The lowest BCUT2D eigenvalue weighted by Crippen LogP contribution is -2.48. The number of pyridine rings is 1. The summed E-state index contributed by atoms with van der Waals surface area (Å²) in [7, 11) is 0. The molecule has 0 saturated carbocycles. The van der Waals surface area contributed by atoms with Crippen LogP contribution in [-0.4, -0.2) is 50.9 Å². The predicted octanol–water partition coefficient (Wildman–Crippen LogP) is 5.35. The largest absolute Gasteiger partial charge is 0.366 e. The summed E-state index contributed by atoms with van der Waals surface area (Å²) in [6, 6.07) is 16.8. The molecule has 2 aromatic carbocycles. The van der Waals surface area contributed by atoms with Crippen molar-refractivity contribution in [2.45, 2.75) is 70.6 Å². The van der Waals surface area contributed by atoms with Crippen molar-refractivity contribution in [1.82, 2.24) is 14.5 Å². The van der Waals surface area contributed by atoms with Gasteiger partial charge in [0.15, 0.2) is 0 Å². The zero-order valence-electron chi connectivity index (χ0n) is 24.3. The minimum Gasteiger partial charge on any atom is -0.366 e. The number of fused-ring (bicyclic) bond motifs is 2. The standard InChI is InChI=1S/C34H36FN5O3/c1-21-5-4-8-31(37-21)38-34(43)30-14-12-26(35)15-16-40(30)32(41)20-39-19-28(33(36)42)27-18-25(11-13-29(27)39)24-10-9-22-6-2-3-7-23(22)17-24/h4-5,8-11,13,17-19,26,30H,2-3,6-7,12,14-16,20H2,1H3,(H2,36,42)(H,37,38,43). The molecular weight excluding hydrogens is 545 g/mol. The number of nitrogens with one attached hydrogen (secondary N) is 1. The maximum atomic E-state index is 14.5. The van der Waals surface area contributed by atoms with Crippen molar-refractivity contribution in [1.29, 1.82) is 0 Å². The van der Waals surface area contributed by atoms with Crippen LogP contribution in [0.15, 0.2) is 60.8 Å². The summed E-state index contributed by atoms with van der Waals surface area (Å²) in [6.45, 7) is 1.82. The van der Waals surface area contributed by atoms with Gasteiger partial charge in [0.25, 0.3) is 5.91 Å². The Morgan fingerprint density at radius 3 is 2.53 bits per heavy atom. The Bertz CT molecular complexity index is 1710. The van der Waals surface area contributed by atoms with Gasteiger partial charge in [-0.25, -0.2) is 9.37 Å². The summed E-state index contributed by atoms with van der Waals surface area (Å²) in [5.41, 5.74) is 12.3. The van der Waals surface area contributed by atoms with Gasteiger partial charge in [-0.05, 0) is 98.4 Å². The number of halogens is 1. The molecule has 1 fully saturated rings. The molecule has 1 saturated heterocycles. The first kappa shape index (κ1) is 28.6. The average molecular weight is 582 g/mol. The van der Waals surface area contributed by atoms with Crippen LogP contribution in [0.1, 0.15) is 59.3 Å². The van der Waals surface area contributed by atoms with Crippen LogP contribution in [0.2, 0.25) is 0 Å². The van der Waals surface area contributed by atoms with Crippen molar-refractivity contribution in [2.75, 3.05) is 11.9 Å². The number of amides is 3. The topological polar surface area (TPSA) is 110 Å². The van der Waals surface area contributed by atoms with Gasteiger partial charge in [-0.3, -0.25) is 14.4 Å². The Morgan fingerprint density at radius 1 is 0.977 bits per heavy atom. The molecule has 2 aromatic heterocycles. The molecule has 3 amide bonds. The Morgan fingerprint density at radius 2 is 1.74 bits per heavy atom. The zero-order valence-corrected chi connectivity index (χ0v) is 24.3. The fraction of sp³-hybridized carbons (Fsp3) is 0.353. The number of likely N-dealkylation sites (tertiary alicyclic amines) is 1. The first-order valence-electron chi connectivity index (χ1n) is 15.0. The van der Waals surface area contributed by atoms with Crippen LogP contribution in [0, 0.1) is 6.92 Å². The van der Waals surface area contributed by atoms with Gasteiger partial charge in [-0.2, -0.15) is 0 Å². The molecule has 0 spiro atoms. The highest BCUT2D eigenvalue weighted by atomic mass is 19.1. The second kappa shape index (κ2) is 12.0. The molecule has 3 heterocycles. The molecule has 6 rings (SSSR count). The summed E-state index contributed by atoms with van der Waals surface area (Å²) >= 11 is 0.